The fraction of sp³-hybridized carbons (Fsp3) is 0.444. The maximum atomic E-state index is 11.4. The molecule has 0 saturated heterocycles. The van der Waals surface area contributed by atoms with Gasteiger partial charge in [-0.2, -0.15) is 0 Å². The first-order chi connectivity index (χ1) is 7.89. The summed E-state index contributed by atoms with van der Waals surface area (Å²) in [5.74, 6) is -0.753. The number of carbonyl (C=O) groups is 1. The number of rotatable bonds is 3. The number of esters is 1. The van der Waals surface area contributed by atoms with Gasteiger partial charge < -0.3 is 15.2 Å². The molecule has 1 aliphatic rings. The normalized spacial score (nSPS) is 28.1. The molecule has 0 fully saturated rings. The number of methoxy groups -OCH3 is 2. The molecule has 0 amide bonds. The molecule has 8 nitrogen and oxygen atoms in total. The molecule has 0 heterocycles. The maximum Gasteiger partial charge on any atom is 0.342 e. The lowest BCUT2D eigenvalue weighted by Crippen LogP contribution is -2.63. The van der Waals surface area contributed by atoms with Gasteiger partial charge in [-0.25, -0.2) is 4.79 Å². The molecule has 0 aromatic rings. The molecular weight excluding hydrogens is 230 g/mol. The maximum absolute atomic E-state index is 11.4. The average Bonchev–Trinajstić information content (AvgIpc) is 2.31. The van der Waals surface area contributed by atoms with E-state index in [1.165, 1.54) is 19.3 Å². The van der Waals surface area contributed by atoms with Crippen molar-refractivity contribution in [2.45, 2.75) is 11.8 Å². The lowest BCUT2D eigenvalue weighted by atomic mass is 9.89. The minimum atomic E-state index is -2.17. The third-order valence-electron chi connectivity index (χ3n) is 2.55. The molecule has 0 aliphatic heterocycles. The summed E-state index contributed by atoms with van der Waals surface area (Å²) in [5.41, 5.74) is 8.70. The van der Waals surface area contributed by atoms with Crippen LogP contribution in [0.15, 0.2) is 23.4 Å². The third-order valence-corrected chi connectivity index (χ3v) is 2.55. The van der Waals surface area contributed by atoms with E-state index in [4.69, 9.17) is 16.2 Å². The summed E-state index contributed by atoms with van der Waals surface area (Å²) in [6.45, 7) is 0. The lowest BCUT2D eigenvalue weighted by molar-refractivity contribution is -0.568. The van der Waals surface area contributed by atoms with Crippen LogP contribution in [0, 0.1) is 10.1 Å². The second-order valence-electron chi connectivity index (χ2n) is 3.43. The predicted molar refractivity (Wildman–Crippen MR) is 57.1 cm³/mol. The van der Waals surface area contributed by atoms with Crippen molar-refractivity contribution in [3.63, 3.8) is 0 Å². The van der Waals surface area contributed by atoms with Gasteiger partial charge in [0, 0.05) is 7.11 Å². The van der Waals surface area contributed by atoms with E-state index in [2.05, 4.69) is 4.74 Å². The summed E-state index contributed by atoms with van der Waals surface area (Å²) in [5, 5.41) is 11.0. The quantitative estimate of drug-likeness (QED) is 0.278. The van der Waals surface area contributed by atoms with Gasteiger partial charge in [-0.15, -0.1) is 0 Å². The molecule has 1 aliphatic carbocycles. The van der Waals surface area contributed by atoms with Gasteiger partial charge in [-0.3, -0.25) is 15.8 Å². The van der Waals surface area contributed by atoms with Crippen LogP contribution in [-0.2, 0) is 14.3 Å². The number of nitrogens with zero attached hydrogens (tertiary/aromatic N) is 1. The molecule has 1 rings (SSSR count). The average molecular weight is 243 g/mol. The summed E-state index contributed by atoms with van der Waals surface area (Å²) in [6, 6.07) is 0. The molecule has 0 aromatic heterocycles. The van der Waals surface area contributed by atoms with Crippen LogP contribution in [0.2, 0.25) is 0 Å². The number of ether oxygens (including phenoxy) is 2. The number of nitro groups is 1. The van der Waals surface area contributed by atoms with Gasteiger partial charge in [0.1, 0.15) is 5.70 Å². The van der Waals surface area contributed by atoms with Gasteiger partial charge >= 0.3 is 11.6 Å². The van der Waals surface area contributed by atoms with Crippen LogP contribution in [0.25, 0.3) is 0 Å². The minimum Gasteiger partial charge on any atom is -0.466 e. The molecule has 4 N–H and O–H groups in total. The smallest absolute Gasteiger partial charge is 0.342 e. The van der Waals surface area contributed by atoms with E-state index >= 15 is 0 Å². The van der Waals surface area contributed by atoms with Crippen LogP contribution in [0.3, 0.4) is 0 Å². The summed E-state index contributed by atoms with van der Waals surface area (Å²) < 4.78 is 9.41. The van der Waals surface area contributed by atoms with Crippen molar-refractivity contribution in [1.29, 1.82) is 0 Å². The number of hydrogen-bond acceptors (Lipinski definition) is 7. The predicted octanol–water partition coefficient (Wildman–Crippen LogP) is -1.11. The molecule has 0 saturated carbocycles. The lowest BCUT2D eigenvalue weighted by Gasteiger charge is -2.31. The van der Waals surface area contributed by atoms with Crippen molar-refractivity contribution in [3.05, 3.63) is 33.5 Å². The van der Waals surface area contributed by atoms with E-state index in [0.717, 1.165) is 7.11 Å². The summed E-state index contributed by atoms with van der Waals surface area (Å²) in [7, 11) is 2.35. The second-order valence-corrected chi connectivity index (χ2v) is 3.43. The Kier molecular flexibility index (Phi) is 3.49. The van der Waals surface area contributed by atoms with Crippen molar-refractivity contribution in [3.8, 4) is 0 Å². The summed E-state index contributed by atoms with van der Waals surface area (Å²) in [4.78, 5) is 21.7. The Bertz CT molecular complexity index is 417. The molecule has 0 bridgehead atoms. The molecular formula is C9H13N3O5. The fourth-order valence-corrected chi connectivity index (χ4v) is 1.59. The van der Waals surface area contributed by atoms with Crippen molar-refractivity contribution in [2.75, 3.05) is 14.2 Å². The number of allylic oxidation sites excluding steroid dienone is 2. The molecule has 0 spiro atoms. The largest absolute Gasteiger partial charge is 0.466 e. The monoisotopic (exact) mass is 243 g/mol. The van der Waals surface area contributed by atoms with Crippen LogP contribution >= 0.6 is 0 Å². The standard InChI is InChI=1S/C9H13N3O5/c1-16-7-5(8(13)17-2)3-4-6(10)9(7,11)12(14)15/h3-4,7H,10-11H2,1-2H3. The van der Waals surface area contributed by atoms with Crippen molar-refractivity contribution >= 4 is 5.97 Å². The Morgan fingerprint density at radius 2 is 2.12 bits per heavy atom. The van der Waals surface area contributed by atoms with Crippen molar-refractivity contribution in [2.24, 2.45) is 11.5 Å². The summed E-state index contributed by atoms with van der Waals surface area (Å²) >= 11 is 0. The van der Waals surface area contributed by atoms with Gasteiger partial charge in [0.05, 0.1) is 17.6 Å². The Hall–Kier alpha value is -1.93. The molecule has 17 heavy (non-hydrogen) atoms. The minimum absolute atomic E-state index is 0.0524. The Labute approximate surface area is 97.0 Å². The highest BCUT2D eigenvalue weighted by Gasteiger charge is 2.55. The highest BCUT2D eigenvalue weighted by molar-refractivity contribution is 5.90. The first-order valence-electron chi connectivity index (χ1n) is 4.61. The second kappa shape index (κ2) is 4.52. The molecule has 2 unspecified atom stereocenters. The molecule has 0 radical (unpaired) electrons. The third kappa shape index (κ3) is 1.87. The van der Waals surface area contributed by atoms with Gasteiger partial charge in [-0.05, 0) is 12.2 Å². The van der Waals surface area contributed by atoms with Gasteiger partial charge in [0.2, 0.25) is 0 Å². The van der Waals surface area contributed by atoms with E-state index in [1.54, 1.807) is 0 Å². The van der Waals surface area contributed by atoms with E-state index in [9.17, 15) is 14.9 Å². The highest BCUT2D eigenvalue weighted by Crippen LogP contribution is 2.28. The first-order valence-corrected chi connectivity index (χ1v) is 4.61. The van der Waals surface area contributed by atoms with Crippen LogP contribution < -0.4 is 11.5 Å². The zero-order valence-corrected chi connectivity index (χ0v) is 9.38. The van der Waals surface area contributed by atoms with Gasteiger partial charge in [0.25, 0.3) is 0 Å². The van der Waals surface area contributed by atoms with Crippen LogP contribution in [0.4, 0.5) is 0 Å². The first kappa shape index (κ1) is 13.1. The SMILES string of the molecule is COC(=O)C1=CC=C(N)C(N)([N+](=O)[O-])C1OC. The van der Waals surface area contributed by atoms with Gasteiger partial charge in [-0.1, -0.05) is 0 Å². The zero-order chi connectivity index (χ0) is 13.2. The van der Waals surface area contributed by atoms with Crippen LogP contribution in [-0.4, -0.2) is 36.9 Å². The number of carbonyl (C=O) groups excluding carboxylic acids is 1. The van der Waals surface area contributed by atoms with Crippen LogP contribution in [0.5, 0.6) is 0 Å². The van der Waals surface area contributed by atoms with Crippen molar-refractivity contribution in [1.82, 2.24) is 0 Å². The fourth-order valence-electron chi connectivity index (χ4n) is 1.59. The van der Waals surface area contributed by atoms with E-state index in [-0.39, 0.29) is 11.3 Å². The Balaban J connectivity index is 3.30. The molecule has 2 atom stereocenters. The summed E-state index contributed by atoms with van der Waals surface area (Å²) in [6.07, 6.45) is 1.20. The molecule has 94 valence electrons. The Morgan fingerprint density at radius 1 is 1.53 bits per heavy atom. The van der Waals surface area contributed by atoms with Crippen molar-refractivity contribution < 1.29 is 19.2 Å². The zero-order valence-electron chi connectivity index (χ0n) is 9.38. The van der Waals surface area contributed by atoms with E-state index < -0.39 is 22.7 Å². The highest BCUT2D eigenvalue weighted by atomic mass is 16.6. The van der Waals surface area contributed by atoms with E-state index in [0.29, 0.717) is 0 Å². The topological polar surface area (TPSA) is 131 Å². The van der Waals surface area contributed by atoms with Crippen LogP contribution in [0.1, 0.15) is 0 Å². The van der Waals surface area contributed by atoms with Gasteiger partial charge in [0.15, 0.2) is 6.10 Å². The number of hydrogen-bond donors (Lipinski definition) is 2. The Morgan fingerprint density at radius 3 is 2.53 bits per heavy atom. The number of nitrogens with two attached hydrogens (primary N) is 2. The van der Waals surface area contributed by atoms with E-state index in [1.807, 2.05) is 0 Å². The molecule has 0 aromatic carbocycles. The molecule has 8 heteroatoms.